The van der Waals surface area contributed by atoms with Crippen molar-refractivity contribution in [2.45, 2.75) is 12.8 Å². The number of amides is 2. The maximum Gasteiger partial charge on any atom is 0.241 e. The van der Waals surface area contributed by atoms with E-state index in [4.69, 9.17) is 11.0 Å². The number of piperazine rings is 1. The highest BCUT2D eigenvalue weighted by Gasteiger charge is 2.37. The number of nitrogens with zero attached hydrogens (tertiary/aromatic N) is 4. The molecule has 1 aliphatic carbocycles. The molecule has 0 unspecified atom stereocenters. The Balaban J connectivity index is 1.42. The standard InChI is InChI=1S/C20H22N6O2/c21-10-13-7-15(8-13)20(28)26-5-3-25(4-6-26)16-9-17-14(1-2-18(22)27)11-23-19(17)24-12-16/h1-2,9,11-13,15H,3-8H2,(H2,22,27)(H,23,24)/b2-1+/t13-,15-. The van der Waals surface area contributed by atoms with Crippen LogP contribution in [0.2, 0.25) is 0 Å². The number of carbonyl (C=O) groups excluding carboxylic acids is 2. The molecule has 28 heavy (non-hydrogen) atoms. The van der Waals surface area contributed by atoms with Gasteiger partial charge in [-0.3, -0.25) is 9.59 Å². The van der Waals surface area contributed by atoms with Gasteiger partial charge in [-0.1, -0.05) is 0 Å². The Bertz CT molecular complexity index is 974. The summed E-state index contributed by atoms with van der Waals surface area (Å²) < 4.78 is 0. The number of pyridine rings is 1. The second-order valence-corrected chi connectivity index (χ2v) is 7.38. The number of H-pyrrole nitrogens is 1. The Hall–Kier alpha value is -3.34. The van der Waals surface area contributed by atoms with Crippen LogP contribution < -0.4 is 10.6 Å². The molecule has 1 saturated heterocycles. The third-order valence-corrected chi connectivity index (χ3v) is 5.60. The first-order valence-electron chi connectivity index (χ1n) is 9.43. The number of rotatable bonds is 4. The van der Waals surface area contributed by atoms with Crippen molar-refractivity contribution in [3.63, 3.8) is 0 Å². The lowest BCUT2D eigenvalue weighted by molar-refractivity contribution is -0.139. The zero-order valence-corrected chi connectivity index (χ0v) is 15.5. The van der Waals surface area contributed by atoms with E-state index in [0.29, 0.717) is 25.9 Å². The van der Waals surface area contributed by atoms with Gasteiger partial charge >= 0.3 is 0 Å². The van der Waals surface area contributed by atoms with Crippen LogP contribution in [0, 0.1) is 23.2 Å². The van der Waals surface area contributed by atoms with Crippen LogP contribution in [0.5, 0.6) is 0 Å². The molecule has 1 aliphatic heterocycles. The number of nitrogens with two attached hydrogens (primary N) is 1. The SMILES string of the molecule is N#C[C@H]1C[C@H](C(=O)N2CCN(c3cnc4[nH]cc(/C=C/C(N)=O)c4c3)CC2)C1. The quantitative estimate of drug-likeness (QED) is 0.776. The fraction of sp³-hybridized carbons (Fsp3) is 0.400. The van der Waals surface area contributed by atoms with Gasteiger partial charge in [0, 0.05) is 61.2 Å². The summed E-state index contributed by atoms with van der Waals surface area (Å²) in [6, 6.07) is 4.27. The summed E-state index contributed by atoms with van der Waals surface area (Å²) in [7, 11) is 0. The molecule has 144 valence electrons. The van der Waals surface area contributed by atoms with Crippen LogP contribution in [-0.4, -0.2) is 52.9 Å². The lowest BCUT2D eigenvalue weighted by Crippen LogP contribution is -2.52. The van der Waals surface area contributed by atoms with Gasteiger partial charge in [-0.05, 0) is 25.0 Å². The van der Waals surface area contributed by atoms with Crippen LogP contribution in [0.1, 0.15) is 18.4 Å². The summed E-state index contributed by atoms with van der Waals surface area (Å²) >= 11 is 0. The summed E-state index contributed by atoms with van der Waals surface area (Å²) in [6.07, 6.45) is 8.02. The van der Waals surface area contributed by atoms with Crippen LogP contribution in [0.4, 0.5) is 5.69 Å². The number of nitriles is 1. The lowest BCUT2D eigenvalue weighted by Gasteiger charge is -2.40. The Morgan fingerprint density at radius 3 is 2.71 bits per heavy atom. The van der Waals surface area contributed by atoms with Crippen molar-refractivity contribution >= 4 is 34.6 Å². The molecule has 8 heteroatoms. The number of nitrogens with one attached hydrogen (secondary N) is 1. The molecular weight excluding hydrogens is 356 g/mol. The minimum Gasteiger partial charge on any atom is -0.367 e. The number of primary amides is 1. The van der Waals surface area contributed by atoms with Gasteiger partial charge in [0.25, 0.3) is 0 Å². The molecule has 3 N–H and O–H groups in total. The van der Waals surface area contributed by atoms with Crippen molar-refractivity contribution in [2.24, 2.45) is 17.6 Å². The van der Waals surface area contributed by atoms with E-state index in [-0.39, 0.29) is 17.7 Å². The van der Waals surface area contributed by atoms with E-state index in [1.165, 1.54) is 6.08 Å². The molecule has 8 nitrogen and oxygen atoms in total. The molecule has 0 spiro atoms. The molecule has 0 aromatic carbocycles. The average molecular weight is 378 g/mol. The highest BCUT2D eigenvalue weighted by atomic mass is 16.2. The van der Waals surface area contributed by atoms with Crippen molar-refractivity contribution in [3.05, 3.63) is 30.1 Å². The van der Waals surface area contributed by atoms with E-state index in [0.717, 1.165) is 35.4 Å². The van der Waals surface area contributed by atoms with E-state index in [9.17, 15) is 9.59 Å². The molecule has 2 aromatic heterocycles. The van der Waals surface area contributed by atoms with Crippen LogP contribution in [-0.2, 0) is 9.59 Å². The summed E-state index contributed by atoms with van der Waals surface area (Å²) in [5, 5.41) is 9.80. The molecule has 3 heterocycles. The molecule has 0 radical (unpaired) electrons. The van der Waals surface area contributed by atoms with Gasteiger partial charge in [-0.15, -0.1) is 0 Å². The average Bonchev–Trinajstić information content (AvgIpc) is 3.08. The maximum atomic E-state index is 12.5. The van der Waals surface area contributed by atoms with Crippen LogP contribution >= 0.6 is 0 Å². The van der Waals surface area contributed by atoms with Crippen molar-refractivity contribution in [3.8, 4) is 6.07 Å². The van der Waals surface area contributed by atoms with Crippen molar-refractivity contribution in [1.29, 1.82) is 5.26 Å². The first kappa shape index (κ1) is 18.0. The number of anilines is 1. The van der Waals surface area contributed by atoms with E-state index < -0.39 is 5.91 Å². The summed E-state index contributed by atoms with van der Waals surface area (Å²) in [5.74, 6) is -0.239. The molecule has 4 rings (SSSR count). The molecule has 1 saturated carbocycles. The Kier molecular flexibility index (Phi) is 4.74. The van der Waals surface area contributed by atoms with E-state index in [1.54, 1.807) is 12.3 Å². The second kappa shape index (κ2) is 7.35. The largest absolute Gasteiger partial charge is 0.367 e. The first-order chi connectivity index (χ1) is 13.5. The zero-order valence-electron chi connectivity index (χ0n) is 15.5. The van der Waals surface area contributed by atoms with Gasteiger partial charge in [0.2, 0.25) is 11.8 Å². The monoisotopic (exact) mass is 378 g/mol. The molecule has 2 aromatic rings. The molecule has 0 atom stereocenters. The fourth-order valence-corrected chi connectivity index (χ4v) is 3.86. The van der Waals surface area contributed by atoms with Gasteiger partial charge in [0.05, 0.1) is 18.0 Å². The van der Waals surface area contributed by atoms with Crippen molar-refractivity contribution in [2.75, 3.05) is 31.1 Å². The van der Waals surface area contributed by atoms with Crippen LogP contribution in [0.3, 0.4) is 0 Å². The third-order valence-electron chi connectivity index (χ3n) is 5.60. The normalized spacial score (nSPS) is 22.2. The number of aromatic amines is 1. The van der Waals surface area contributed by atoms with Gasteiger partial charge in [-0.25, -0.2) is 4.98 Å². The fourth-order valence-electron chi connectivity index (χ4n) is 3.86. The molecule has 2 fully saturated rings. The lowest BCUT2D eigenvalue weighted by atomic mass is 9.75. The summed E-state index contributed by atoms with van der Waals surface area (Å²) in [4.78, 5) is 35.2. The third kappa shape index (κ3) is 3.43. The summed E-state index contributed by atoms with van der Waals surface area (Å²) in [5.41, 5.74) is 7.77. The summed E-state index contributed by atoms with van der Waals surface area (Å²) in [6.45, 7) is 2.83. The van der Waals surface area contributed by atoms with Gasteiger partial charge in [0.1, 0.15) is 5.65 Å². The smallest absolute Gasteiger partial charge is 0.241 e. The van der Waals surface area contributed by atoms with Gasteiger partial charge < -0.3 is 20.5 Å². The highest BCUT2D eigenvalue weighted by molar-refractivity contribution is 5.95. The van der Waals surface area contributed by atoms with E-state index in [1.807, 2.05) is 17.2 Å². The zero-order chi connectivity index (χ0) is 19.7. The number of hydrogen-bond acceptors (Lipinski definition) is 5. The van der Waals surface area contributed by atoms with Crippen molar-refractivity contribution in [1.82, 2.24) is 14.9 Å². The molecule has 2 amide bonds. The van der Waals surface area contributed by atoms with Crippen LogP contribution in [0.25, 0.3) is 17.1 Å². The maximum absolute atomic E-state index is 12.5. The van der Waals surface area contributed by atoms with Crippen molar-refractivity contribution < 1.29 is 9.59 Å². The van der Waals surface area contributed by atoms with E-state index >= 15 is 0 Å². The predicted molar refractivity (Wildman–Crippen MR) is 105 cm³/mol. The molecule has 2 aliphatic rings. The molecule has 0 bridgehead atoms. The highest BCUT2D eigenvalue weighted by Crippen LogP contribution is 2.34. The number of carbonyl (C=O) groups is 2. The Labute approximate surface area is 162 Å². The first-order valence-corrected chi connectivity index (χ1v) is 9.43. The number of aromatic nitrogens is 2. The van der Waals surface area contributed by atoms with E-state index in [2.05, 4.69) is 20.9 Å². The predicted octanol–water partition coefficient (Wildman–Crippen LogP) is 1.26. The second-order valence-electron chi connectivity index (χ2n) is 7.38. The minimum atomic E-state index is -0.494. The Morgan fingerprint density at radius 1 is 1.29 bits per heavy atom. The topological polar surface area (TPSA) is 119 Å². The number of fused-ring (bicyclic) bond motifs is 1. The van der Waals surface area contributed by atoms with Crippen LogP contribution in [0.15, 0.2) is 24.5 Å². The minimum absolute atomic E-state index is 0.0219. The van der Waals surface area contributed by atoms with Gasteiger partial charge in [0.15, 0.2) is 0 Å². The van der Waals surface area contributed by atoms with Gasteiger partial charge in [-0.2, -0.15) is 5.26 Å². The molecular formula is C20H22N6O2. The Morgan fingerprint density at radius 2 is 2.04 bits per heavy atom. The number of hydrogen-bond donors (Lipinski definition) is 2.